The number of hydrogen-bond acceptors (Lipinski definition) is 4. The van der Waals surface area contributed by atoms with Crippen LogP contribution in [0.5, 0.6) is 0 Å². The maximum absolute atomic E-state index is 10.8. The Hall–Kier alpha value is -1.39. The summed E-state index contributed by atoms with van der Waals surface area (Å²) in [5.41, 5.74) is -0.487. The Morgan fingerprint density at radius 1 is 1.58 bits per heavy atom. The first-order chi connectivity index (χ1) is 5.63. The molecule has 68 valence electrons. The molecule has 0 bridgehead atoms. The van der Waals surface area contributed by atoms with Crippen LogP contribution in [-0.4, -0.2) is 17.5 Å². The molecule has 0 aliphatic carbocycles. The molecule has 0 N–H and O–H groups in total. The Balaban J connectivity index is 4.41. The Kier molecular flexibility index (Phi) is 4.67. The number of nitrogens with zero attached hydrogens (tertiary/aromatic N) is 1. The van der Waals surface area contributed by atoms with Gasteiger partial charge < -0.3 is 4.74 Å². The van der Waals surface area contributed by atoms with Crippen LogP contribution in [0.15, 0.2) is 11.8 Å². The van der Waals surface area contributed by atoms with E-state index in [-0.39, 0.29) is 6.61 Å². The lowest BCUT2D eigenvalue weighted by Crippen LogP contribution is -2.14. The van der Waals surface area contributed by atoms with Crippen molar-refractivity contribution in [2.75, 3.05) is 6.61 Å². The van der Waals surface area contributed by atoms with Gasteiger partial charge in [-0.25, -0.2) is 4.79 Å². The molecule has 0 rings (SSSR count). The minimum absolute atomic E-state index is 0.147. The van der Waals surface area contributed by atoms with E-state index in [1.165, 1.54) is 6.08 Å². The zero-order chi connectivity index (χ0) is 9.56. The van der Waals surface area contributed by atoms with Gasteiger partial charge in [-0.1, -0.05) is 6.92 Å². The molecule has 0 amide bonds. The number of carbonyl (C=O) groups is 1. The maximum Gasteiger partial charge on any atom is 0.409 e. The summed E-state index contributed by atoms with van der Waals surface area (Å²) >= 11 is 0. The van der Waals surface area contributed by atoms with Gasteiger partial charge in [0.2, 0.25) is 0 Å². The lowest BCUT2D eigenvalue weighted by molar-refractivity contribution is -0.421. The van der Waals surface area contributed by atoms with E-state index in [0.29, 0.717) is 6.42 Å². The molecule has 0 heterocycles. The van der Waals surface area contributed by atoms with Gasteiger partial charge in [0.15, 0.2) is 0 Å². The van der Waals surface area contributed by atoms with E-state index < -0.39 is 16.6 Å². The zero-order valence-corrected chi connectivity index (χ0v) is 7.07. The number of allylic oxidation sites excluding steroid dienone is 1. The molecule has 0 aromatic heterocycles. The van der Waals surface area contributed by atoms with Crippen LogP contribution in [0.25, 0.3) is 0 Å². The molecule has 0 atom stereocenters. The molecule has 0 radical (unpaired) electrons. The molecular weight excluding hydrogens is 162 g/mol. The number of nitro groups is 1. The Labute approximate surface area is 70.2 Å². The minimum atomic E-state index is -0.871. The van der Waals surface area contributed by atoms with Crippen molar-refractivity contribution >= 4 is 5.97 Å². The van der Waals surface area contributed by atoms with Crippen molar-refractivity contribution < 1.29 is 14.5 Å². The predicted octanol–water partition coefficient (Wildman–Crippen LogP) is 1.12. The fourth-order valence-electron chi connectivity index (χ4n) is 0.631. The van der Waals surface area contributed by atoms with Crippen molar-refractivity contribution in [1.82, 2.24) is 0 Å². The number of hydrogen-bond donors (Lipinski definition) is 0. The summed E-state index contributed by atoms with van der Waals surface area (Å²) < 4.78 is 4.47. The van der Waals surface area contributed by atoms with Gasteiger partial charge in [0.25, 0.3) is 0 Å². The first kappa shape index (κ1) is 10.6. The zero-order valence-electron chi connectivity index (χ0n) is 7.07. The van der Waals surface area contributed by atoms with Crippen LogP contribution in [0.3, 0.4) is 0 Å². The van der Waals surface area contributed by atoms with E-state index in [1.54, 1.807) is 13.8 Å². The summed E-state index contributed by atoms with van der Waals surface area (Å²) in [6.45, 7) is 3.46. The summed E-state index contributed by atoms with van der Waals surface area (Å²) in [7, 11) is 0. The highest BCUT2D eigenvalue weighted by molar-refractivity contribution is 5.85. The summed E-state index contributed by atoms with van der Waals surface area (Å²) in [6, 6.07) is 0. The molecule has 0 aliphatic rings. The van der Waals surface area contributed by atoms with Gasteiger partial charge in [-0.05, 0) is 13.3 Å². The smallest absolute Gasteiger partial charge is 0.409 e. The van der Waals surface area contributed by atoms with Crippen LogP contribution in [0.2, 0.25) is 0 Å². The van der Waals surface area contributed by atoms with Crippen molar-refractivity contribution in [2.45, 2.75) is 20.3 Å². The third-order valence-corrected chi connectivity index (χ3v) is 1.08. The predicted molar refractivity (Wildman–Crippen MR) is 42.0 cm³/mol. The second kappa shape index (κ2) is 5.29. The highest BCUT2D eigenvalue weighted by Gasteiger charge is 2.21. The van der Waals surface area contributed by atoms with E-state index in [1.807, 2.05) is 0 Å². The van der Waals surface area contributed by atoms with Gasteiger partial charge in [-0.2, -0.15) is 0 Å². The monoisotopic (exact) mass is 173 g/mol. The van der Waals surface area contributed by atoms with Crippen LogP contribution in [0.1, 0.15) is 20.3 Å². The van der Waals surface area contributed by atoms with E-state index >= 15 is 0 Å². The molecule has 0 spiro atoms. The van der Waals surface area contributed by atoms with Gasteiger partial charge in [-0.15, -0.1) is 0 Å². The summed E-state index contributed by atoms with van der Waals surface area (Å²) in [6.07, 6.45) is 1.67. The number of ether oxygens (including phenoxy) is 1. The first-order valence-electron chi connectivity index (χ1n) is 3.65. The van der Waals surface area contributed by atoms with Gasteiger partial charge in [0.05, 0.1) is 11.5 Å². The van der Waals surface area contributed by atoms with Crippen LogP contribution in [0.4, 0.5) is 0 Å². The molecule has 0 saturated carbocycles. The lowest BCUT2D eigenvalue weighted by Gasteiger charge is -1.97. The van der Waals surface area contributed by atoms with Crippen LogP contribution < -0.4 is 0 Å². The molecule has 0 aromatic carbocycles. The first-order valence-corrected chi connectivity index (χ1v) is 3.65. The fraction of sp³-hybridized carbons (Fsp3) is 0.571. The third kappa shape index (κ3) is 3.14. The molecule has 5 nitrogen and oxygen atoms in total. The highest BCUT2D eigenvalue weighted by Crippen LogP contribution is 2.00. The van der Waals surface area contributed by atoms with E-state index in [0.717, 1.165) is 0 Å². The van der Waals surface area contributed by atoms with E-state index in [2.05, 4.69) is 4.74 Å². The molecule has 0 aliphatic heterocycles. The number of esters is 1. The average Bonchev–Trinajstić information content (AvgIpc) is 1.99. The third-order valence-electron chi connectivity index (χ3n) is 1.08. The van der Waals surface area contributed by atoms with Crippen molar-refractivity contribution in [3.8, 4) is 0 Å². The highest BCUT2D eigenvalue weighted by atomic mass is 16.6. The Bertz CT molecular complexity index is 209. The van der Waals surface area contributed by atoms with Crippen molar-refractivity contribution in [3.63, 3.8) is 0 Å². The van der Waals surface area contributed by atoms with Crippen molar-refractivity contribution in [2.24, 2.45) is 0 Å². The second-order valence-electron chi connectivity index (χ2n) is 1.98. The van der Waals surface area contributed by atoms with E-state index in [4.69, 9.17) is 0 Å². The van der Waals surface area contributed by atoms with Gasteiger partial charge in [-0.3, -0.25) is 10.1 Å². The van der Waals surface area contributed by atoms with Crippen LogP contribution in [-0.2, 0) is 9.53 Å². The van der Waals surface area contributed by atoms with Crippen LogP contribution >= 0.6 is 0 Å². The molecule has 12 heavy (non-hydrogen) atoms. The largest absolute Gasteiger partial charge is 0.458 e. The SMILES string of the molecule is CC/C=C(\C(=O)OCC)[N+](=O)[O-]. The molecule has 0 fully saturated rings. The van der Waals surface area contributed by atoms with Crippen LogP contribution in [0, 0.1) is 10.1 Å². The summed E-state index contributed by atoms with van der Waals surface area (Å²) in [5, 5.41) is 10.2. The topological polar surface area (TPSA) is 69.4 Å². The molecule has 5 heteroatoms. The van der Waals surface area contributed by atoms with Gasteiger partial charge in [0, 0.05) is 6.08 Å². The standard InChI is InChI=1S/C7H11NO4/c1-3-5-6(8(10)11)7(9)12-4-2/h5H,3-4H2,1-2H3/b6-5+. The minimum Gasteiger partial charge on any atom is -0.458 e. The second-order valence-corrected chi connectivity index (χ2v) is 1.98. The Morgan fingerprint density at radius 2 is 2.17 bits per heavy atom. The summed E-state index contributed by atoms with van der Waals surface area (Å²) in [4.78, 5) is 20.3. The molecule has 0 unspecified atom stereocenters. The van der Waals surface area contributed by atoms with Gasteiger partial charge in [0.1, 0.15) is 0 Å². The quantitative estimate of drug-likeness (QED) is 0.276. The van der Waals surface area contributed by atoms with Crippen molar-refractivity contribution in [1.29, 1.82) is 0 Å². The number of carbonyl (C=O) groups excluding carboxylic acids is 1. The van der Waals surface area contributed by atoms with E-state index in [9.17, 15) is 14.9 Å². The fourth-order valence-corrected chi connectivity index (χ4v) is 0.631. The normalized spacial score (nSPS) is 11.0. The molecule has 0 saturated heterocycles. The number of rotatable bonds is 4. The lowest BCUT2D eigenvalue weighted by atomic mass is 10.3. The van der Waals surface area contributed by atoms with Gasteiger partial charge >= 0.3 is 11.7 Å². The van der Waals surface area contributed by atoms with Crippen molar-refractivity contribution in [3.05, 3.63) is 21.9 Å². The average molecular weight is 173 g/mol. The Morgan fingerprint density at radius 3 is 2.50 bits per heavy atom. The maximum atomic E-state index is 10.8. The summed E-state index contributed by atoms with van der Waals surface area (Å²) in [5.74, 6) is -0.871. The molecule has 0 aromatic rings. The molecular formula is C7H11NO4.